The van der Waals surface area contributed by atoms with E-state index in [0.29, 0.717) is 0 Å². The van der Waals surface area contributed by atoms with Gasteiger partial charge >= 0.3 is 0 Å². The second-order valence-electron chi connectivity index (χ2n) is 8.08. The van der Waals surface area contributed by atoms with Crippen LogP contribution in [0.3, 0.4) is 0 Å². The molecule has 0 radical (unpaired) electrons. The fourth-order valence-corrected chi connectivity index (χ4v) is 4.26. The number of hydrogen-bond donors (Lipinski definition) is 1. The van der Waals surface area contributed by atoms with Crippen molar-refractivity contribution in [1.29, 1.82) is 0 Å². The number of hydrogen-bond acceptors (Lipinski definition) is 3. The summed E-state index contributed by atoms with van der Waals surface area (Å²) < 4.78 is 13.5. The van der Waals surface area contributed by atoms with Crippen LogP contribution in [-0.2, 0) is 6.54 Å². The molecule has 0 spiro atoms. The zero-order chi connectivity index (χ0) is 20.5. The summed E-state index contributed by atoms with van der Waals surface area (Å²) in [5.74, 6) is -0.227. The van der Waals surface area contributed by atoms with E-state index in [9.17, 15) is 4.39 Å². The summed E-state index contributed by atoms with van der Waals surface area (Å²) in [4.78, 5) is 12.7. The van der Waals surface area contributed by atoms with Crippen molar-refractivity contribution in [3.63, 3.8) is 0 Å². The Labute approximate surface area is 176 Å². The molecule has 0 saturated carbocycles. The molecule has 152 valence electrons. The van der Waals surface area contributed by atoms with E-state index in [1.165, 1.54) is 23.1 Å². The summed E-state index contributed by atoms with van der Waals surface area (Å²) in [5, 5.41) is 1.17. The number of halogens is 1. The standard InChI is InChI=1S/C25H25FN4/c1-29-12-14-30(15-13-29)17-18-2-7-22-23(16-18)28-25(20-3-5-21(26)6-4-20)24(22)19-8-10-27-11-9-19/h2-11,16,28H,12-15,17H2,1H3. The molecule has 2 aromatic carbocycles. The lowest BCUT2D eigenvalue weighted by Gasteiger charge is -2.32. The number of likely N-dealkylation sites (N-methyl/N-ethyl adjacent to an activating group) is 1. The molecule has 0 unspecified atom stereocenters. The molecule has 5 rings (SSSR count). The Morgan fingerprint density at radius 3 is 2.37 bits per heavy atom. The summed E-state index contributed by atoms with van der Waals surface area (Å²) in [5.41, 5.74) is 6.62. The maximum absolute atomic E-state index is 13.5. The molecule has 1 N–H and O–H groups in total. The predicted octanol–water partition coefficient (Wildman–Crippen LogP) is 4.78. The number of nitrogens with zero attached hydrogens (tertiary/aromatic N) is 3. The van der Waals surface area contributed by atoms with Crippen molar-refractivity contribution in [3.8, 4) is 22.4 Å². The first kappa shape index (κ1) is 19.0. The molecule has 3 heterocycles. The largest absolute Gasteiger partial charge is 0.354 e. The van der Waals surface area contributed by atoms with Gasteiger partial charge in [-0.15, -0.1) is 0 Å². The van der Waals surface area contributed by atoms with Crippen LogP contribution in [0, 0.1) is 5.82 Å². The Balaban J connectivity index is 1.57. The molecule has 2 aromatic heterocycles. The zero-order valence-corrected chi connectivity index (χ0v) is 17.1. The van der Waals surface area contributed by atoms with Gasteiger partial charge in [-0.3, -0.25) is 9.88 Å². The van der Waals surface area contributed by atoms with E-state index in [2.05, 4.69) is 45.0 Å². The molecule has 0 aliphatic carbocycles. The third-order valence-corrected chi connectivity index (χ3v) is 5.97. The smallest absolute Gasteiger partial charge is 0.123 e. The number of aromatic nitrogens is 2. The molecule has 4 aromatic rings. The molecule has 5 heteroatoms. The van der Waals surface area contributed by atoms with E-state index in [4.69, 9.17) is 0 Å². The van der Waals surface area contributed by atoms with Crippen LogP contribution in [-0.4, -0.2) is 53.0 Å². The topological polar surface area (TPSA) is 35.2 Å². The molecule has 1 aliphatic heterocycles. The number of H-pyrrole nitrogens is 1. The number of aromatic amines is 1. The van der Waals surface area contributed by atoms with E-state index < -0.39 is 0 Å². The first-order valence-corrected chi connectivity index (χ1v) is 10.4. The third kappa shape index (κ3) is 3.74. The van der Waals surface area contributed by atoms with E-state index in [0.717, 1.165) is 60.6 Å². The first-order chi connectivity index (χ1) is 14.7. The third-order valence-electron chi connectivity index (χ3n) is 5.97. The van der Waals surface area contributed by atoms with Crippen molar-refractivity contribution in [3.05, 3.63) is 78.4 Å². The van der Waals surface area contributed by atoms with Crippen molar-refractivity contribution < 1.29 is 4.39 Å². The van der Waals surface area contributed by atoms with Crippen LogP contribution in [0.4, 0.5) is 4.39 Å². The van der Waals surface area contributed by atoms with Gasteiger partial charge in [0.1, 0.15) is 5.82 Å². The molecule has 1 aliphatic rings. The van der Waals surface area contributed by atoms with Crippen molar-refractivity contribution in [2.24, 2.45) is 0 Å². The maximum Gasteiger partial charge on any atom is 0.123 e. The molecular formula is C25H25FN4. The van der Waals surface area contributed by atoms with Gasteiger partial charge in [-0.1, -0.05) is 12.1 Å². The SMILES string of the molecule is CN1CCN(Cc2ccc3c(-c4ccncc4)c(-c4ccc(F)cc4)[nH]c3c2)CC1. The van der Waals surface area contributed by atoms with Gasteiger partial charge in [-0.25, -0.2) is 4.39 Å². The van der Waals surface area contributed by atoms with Crippen LogP contribution in [0.15, 0.2) is 67.0 Å². The summed E-state index contributed by atoms with van der Waals surface area (Å²) in [6, 6.07) is 17.4. The van der Waals surface area contributed by atoms with Crippen LogP contribution in [0.1, 0.15) is 5.56 Å². The Morgan fingerprint density at radius 2 is 1.63 bits per heavy atom. The minimum Gasteiger partial charge on any atom is -0.354 e. The Bertz CT molecular complexity index is 1140. The zero-order valence-electron chi connectivity index (χ0n) is 17.1. The lowest BCUT2D eigenvalue weighted by molar-refractivity contribution is 0.148. The van der Waals surface area contributed by atoms with Gasteiger partial charge < -0.3 is 9.88 Å². The van der Waals surface area contributed by atoms with Gasteiger partial charge in [-0.05, 0) is 66.2 Å². The van der Waals surface area contributed by atoms with Crippen molar-refractivity contribution in [2.45, 2.75) is 6.54 Å². The molecule has 0 bridgehead atoms. The number of pyridine rings is 1. The van der Waals surface area contributed by atoms with E-state index in [-0.39, 0.29) is 5.82 Å². The number of piperazine rings is 1. The highest BCUT2D eigenvalue weighted by Gasteiger charge is 2.17. The summed E-state index contributed by atoms with van der Waals surface area (Å²) in [7, 11) is 2.18. The highest BCUT2D eigenvalue weighted by atomic mass is 19.1. The Hall–Kier alpha value is -3.02. The maximum atomic E-state index is 13.5. The molecule has 1 saturated heterocycles. The quantitative estimate of drug-likeness (QED) is 0.535. The van der Waals surface area contributed by atoms with E-state index in [1.54, 1.807) is 0 Å². The van der Waals surface area contributed by atoms with Gasteiger partial charge in [0, 0.05) is 61.6 Å². The normalized spacial score (nSPS) is 15.7. The second kappa shape index (κ2) is 8.01. The van der Waals surface area contributed by atoms with Crippen LogP contribution in [0.5, 0.6) is 0 Å². The van der Waals surface area contributed by atoms with Gasteiger partial charge in [0.15, 0.2) is 0 Å². The van der Waals surface area contributed by atoms with Gasteiger partial charge in [0.25, 0.3) is 0 Å². The molecule has 30 heavy (non-hydrogen) atoms. The highest BCUT2D eigenvalue weighted by molar-refractivity contribution is 6.03. The molecule has 1 fully saturated rings. The van der Waals surface area contributed by atoms with Crippen molar-refractivity contribution in [2.75, 3.05) is 33.2 Å². The average Bonchev–Trinajstić information content (AvgIpc) is 3.15. The molecule has 4 nitrogen and oxygen atoms in total. The van der Waals surface area contributed by atoms with Gasteiger partial charge in [0.2, 0.25) is 0 Å². The second-order valence-corrected chi connectivity index (χ2v) is 8.08. The van der Waals surface area contributed by atoms with Gasteiger partial charge in [-0.2, -0.15) is 0 Å². The minimum atomic E-state index is -0.227. The van der Waals surface area contributed by atoms with Crippen LogP contribution in [0.2, 0.25) is 0 Å². The monoisotopic (exact) mass is 400 g/mol. The van der Waals surface area contributed by atoms with E-state index >= 15 is 0 Å². The summed E-state index contributed by atoms with van der Waals surface area (Å²) >= 11 is 0. The summed E-state index contributed by atoms with van der Waals surface area (Å²) in [6.45, 7) is 5.39. The van der Waals surface area contributed by atoms with Crippen molar-refractivity contribution in [1.82, 2.24) is 19.8 Å². The number of rotatable bonds is 4. The van der Waals surface area contributed by atoms with Crippen LogP contribution >= 0.6 is 0 Å². The lowest BCUT2D eigenvalue weighted by atomic mass is 9.98. The summed E-state index contributed by atoms with van der Waals surface area (Å²) in [6.07, 6.45) is 3.62. The number of nitrogens with one attached hydrogen (secondary N) is 1. The Morgan fingerprint density at radius 1 is 0.900 bits per heavy atom. The fourth-order valence-electron chi connectivity index (χ4n) is 4.26. The number of fused-ring (bicyclic) bond motifs is 1. The number of benzene rings is 2. The minimum absolute atomic E-state index is 0.227. The fraction of sp³-hybridized carbons (Fsp3) is 0.240. The van der Waals surface area contributed by atoms with Crippen molar-refractivity contribution >= 4 is 10.9 Å². The first-order valence-electron chi connectivity index (χ1n) is 10.4. The molecule has 0 amide bonds. The molecular weight excluding hydrogens is 375 g/mol. The predicted molar refractivity (Wildman–Crippen MR) is 120 cm³/mol. The molecule has 0 atom stereocenters. The Kier molecular flexibility index (Phi) is 5.07. The van der Waals surface area contributed by atoms with Gasteiger partial charge in [0.05, 0.1) is 5.69 Å². The van der Waals surface area contributed by atoms with Crippen LogP contribution in [0.25, 0.3) is 33.3 Å². The average molecular weight is 401 g/mol. The van der Waals surface area contributed by atoms with Crippen LogP contribution < -0.4 is 0 Å². The van der Waals surface area contributed by atoms with E-state index in [1.807, 2.05) is 36.7 Å². The lowest BCUT2D eigenvalue weighted by Crippen LogP contribution is -2.43. The highest BCUT2D eigenvalue weighted by Crippen LogP contribution is 2.38.